The fraction of sp³-hybridized carbons (Fsp3) is 0.250. The van der Waals surface area contributed by atoms with Crippen LogP contribution in [-0.4, -0.2) is 21.2 Å². The monoisotopic (exact) mass is 266 g/mol. The molecule has 1 N–H and O–H groups in total. The maximum atomic E-state index is 10.4. The minimum Gasteiger partial charge on any atom is -0.481 e. The van der Waals surface area contributed by atoms with Crippen molar-refractivity contribution in [1.29, 1.82) is 0 Å². The van der Waals surface area contributed by atoms with Crippen molar-refractivity contribution in [2.24, 2.45) is 0 Å². The Morgan fingerprint density at radius 3 is 2.94 bits per heavy atom. The van der Waals surface area contributed by atoms with Crippen LogP contribution in [0.25, 0.3) is 11.4 Å². The van der Waals surface area contributed by atoms with Crippen LogP contribution in [-0.2, 0) is 11.2 Å². The molecule has 2 rings (SSSR count). The molecule has 0 saturated carbocycles. The van der Waals surface area contributed by atoms with Gasteiger partial charge in [-0.3, -0.25) is 4.79 Å². The molecule has 1 aromatic carbocycles. The van der Waals surface area contributed by atoms with Gasteiger partial charge in [0.2, 0.25) is 11.7 Å². The molecule has 0 radical (unpaired) electrons. The van der Waals surface area contributed by atoms with E-state index in [1.54, 1.807) is 6.07 Å². The van der Waals surface area contributed by atoms with E-state index in [1.807, 2.05) is 19.1 Å². The van der Waals surface area contributed by atoms with Crippen LogP contribution in [0.3, 0.4) is 0 Å². The number of carbonyl (C=O) groups is 1. The fourth-order valence-corrected chi connectivity index (χ4v) is 1.60. The Bertz CT molecular complexity index is 580. The minimum atomic E-state index is -0.895. The summed E-state index contributed by atoms with van der Waals surface area (Å²) in [6, 6.07) is 5.46. The summed E-state index contributed by atoms with van der Waals surface area (Å²) in [5.41, 5.74) is 1.71. The third-order valence-corrected chi connectivity index (χ3v) is 2.86. The molecular formula is C12H11ClN2O3. The average molecular weight is 267 g/mol. The molecule has 18 heavy (non-hydrogen) atoms. The summed E-state index contributed by atoms with van der Waals surface area (Å²) in [7, 11) is 0. The fourth-order valence-electron chi connectivity index (χ4n) is 1.42. The van der Waals surface area contributed by atoms with E-state index in [9.17, 15) is 4.79 Å². The highest BCUT2D eigenvalue weighted by atomic mass is 35.5. The predicted molar refractivity (Wildman–Crippen MR) is 65.4 cm³/mol. The molecule has 0 atom stereocenters. The molecule has 6 heteroatoms. The lowest BCUT2D eigenvalue weighted by Crippen LogP contribution is -1.97. The number of halogens is 1. The first-order chi connectivity index (χ1) is 8.56. The van der Waals surface area contributed by atoms with E-state index in [-0.39, 0.29) is 12.8 Å². The second-order valence-electron chi connectivity index (χ2n) is 3.87. The first kappa shape index (κ1) is 12.6. The quantitative estimate of drug-likeness (QED) is 0.921. The molecule has 0 aliphatic rings. The minimum absolute atomic E-state index is 0.0315. The molecule has 94 valence electrons. The van der Waals surface area contributed by atoms with Gasteiger partial charge in [-0.05, 0) is 18.6 Å². The van der Waals surface area contributed by atoms with Crippen LogP contribution in [0.1, 0.15) is 17.9 Å². The number of nitrogens with zero attached hydrogens (tertiary/aromatic N) is 2. The topological polar surface area (TPSA) is 76.2 Å². The first-order valence-corrected chi connectivity index (χ1v) is 5.75. The third kappa shape index (κ3) is 2.87. The van der Waals surface area contributed by atoms with Gasteiger partial charge in [0.25, 0.3) is 0 Å². The lowest BCUT2D eigenvalue weighted by atomic mass is 10.1. The average Bonchev–Trinajstić information content (AvgIpc) is 2.79. The van der Waals surface area contributed by atoms with Gasteiger partial charge in [-0.1, -0.05) is 28.9 Å². The highest BCUT2D eigenvalue weighted by molar-refractivity contribution is 6.31. The third-order valence-electron chi connectivity index (χ3n) is 2.45. The molecular weight excluding hydrogens is 256 g/mol. The zero-order chi connectivity index (χ0) is 13.1. The molecule has 5 nitrogen and oxygen atoms in total. The molecule has 1 aromatic heterocycles. The van der Waals surface area contributed by atoms with E-state index in [1.165, 1.54) is 0 Å². The van der Waals surface area contributed by atoms with Crippen molar-refractivity contribution in [2.75, 3.05) is 0 Å². The second-order valence-corrected chi connectivity index (χ2v) is 4.28. The van der Waals surface area contributed by atoms with Gasteiger partial charge in [0.05, 0.1) is 6.42 Å². The van der Waals surface area contributed by atoms with Crippen LogP contribution in [0, 0.1) is 6.92 Å². The maximum Gasteiger partial charge on any atom is 0.303 e. The van der Waals surface area contributed by atoms with Gasteiger partial charge in [-0.15, -0.1) is 0 Å². The number of rotatable bonds is 4. The zero-order valence-corrected chi connectivity index (χ0v) is 10.4. The van der Waals surface area contributed by atoms with Gasteiger partial charge >= 0.3 is 5.97 Å². The molecule has 0 fully saturated rings. The van der Waals surface area contributed by atoms with E-state index in [0.29, 0.717) is 16.7 Å². The number of aliphatic carboxylic acids is 1. The van der Waals surface area contributed by atoms with Gasteiger partial charge in [0.1, 0.15) is 0 Å². The van der Waals surface area contributed by atoms with Crippen LogP contribution in [0.5, 0.6) is 0 Å². The maximum absolute atomic E-state index is 10.4. The van der Waals surface area contributed by atoms with Gasteiger partial charge in [0, 0.05) is 17.0 Å². The standard InChI is InChI=1S/C12H11ClN2O3/c1-7-2-3-8(6-9(7)13)12-14-10(18-15-12)4-5-11(16)17/h2-3,6H,4-5H2,1H3,(H,16,17). The Morgan fingerprint density at radius 1 is 1.50 bits per heavy atom. The summed E-state index contributed by atoms with van der Waals surface area (Å²) in [5.74, 6) is -0.172. The molecule has 0 spiro atoms. The van der Waals surface area contributed by atoms with Gasteiger partial charge in [-0.25, -0.2) is 0 Å². The van der Waals surface area contributed by atoms with E-state index in [2.05, 4.69) is 10.1 Å². The van der Waals surface area contributed by atoms with E-state index in [0.717, 1.165) is 11.1 Å². The molecule has 0 amide bonds. The Kier molecular flexibility index (Phi) is 3.62. The molecule has 2 aromatic rings. The highest BCUT2D eigenvalue weighted by Gasteiger charge is 2.10. The van der Waals surface area contributed by atoms with Gasteiger partial charge in [-0.2, -0.15) is 4.98 Å². The number of hydrogen-bond donors (Lipinski definition) is 1. The van der Waals surface area contributed by atoms with Crippen molar-refractivity contribution in [2.45, 2.75) is 19.8 Å². The van der Waals surface area contributed by atoms with Crippen molar-refractivity contribution in [3.8, 4) is 11.4 Å². The van der Waals surface area contributed by atoms with Crippen LogP contribution in [0.4, 0.5) is 0 Å². The highest BCUT2D eigenvalue weighted by Crippen LogP contribution is 2.23. The van der Waals surface area contributed by atoms with Crippen molar-refractivity contribution < 1.29 is 14.4 Å². The number of carboxylic acids is 1. The summed E-state index contributed by atoms with van der Waals surface area (Å²) in [5, 5.41) is 13.0. The SMILES string of the molecule is Cc1ccc(-c2noc(CCC(=O)O)n2)cc1Cl. The Balaban J connectivity index is 2.18. The second kappa shape index (κ2) is 5.18. The van der Waals surface area contributed by atoms with Gasteiger partial charge in [0.15, 0.2) is 0 Å². The van der Waals surface area contributed by atoms with E-state index >= 15 is 0 Å². The number of aryl methyl sites for hydroxylation is 2. The van der Waals surface area contributed by atoms with Crippen LogP contribution >= 0.6 is 11.6 Å². The normalized spacial score (nSPS) is 10.6. The smallest absolute Gasteiger partial charge is 0.303 e. The van der Waals surface area contributed by atoms with Crippen LogP contribution in [0.15, 0.2) is 22.7 Å². The van der Waals surface area contributed by atoms with E-state index < -0.39 is 5.97 Å². The summed E-state index contributed by atoms with van der Waals surface area (Å²) in [6.45, 7) is 1.90. The Morgan fingerprint density at radius 2 is 2.28 bits per heavy atom. The Labute approximate surface area is 108 Å². The molecule has 1 heterocycles. The zero-order valence-electron chi connectivity index (χ0n) is 9.68. The molecule has 0 unspecified atom stereocenters. The predicted octanol–water partition coefficient (Wildman–Crippen LogP) is 2.72. The van der Waals surface area contributed by atoms with Gasteiger partial charge < -0.3 is 9.63 Å². The van der Waals surface area contributed by atoms with Crippen molar-refractivity contribution in [1.82, 2.24) is 10.1 Å². The van der Waals surface area contributed by atoms with Crippen molar-refractivity contribution in [3.05, 3.63) is 34.7 Å². The van der Waals surface area contributed by atoms with Crippen molar-refractivity contribution in [3.63, 3.8) is 0 Å². The number of benzene rings is 1. The summed E-state index contributed by atoms with van der Waals surface area (Å²) < 4.78 is 4.97. The largest absolute Gasteiger partial charge is 0.481 e. The van der Waals surface area contributed by atoms with Crippen LogP contribution < -0.4 is 0 Å². The lowest BCUT2D eigenvalue weighted by molar-refractivity contribution is -0.137. The number of hydrogen-bond acceptors (Lipinski definition) is 4. The lowest BCUT2D eigenvalue weighted by Gasteiger charge is -1.98. The molecule has 0 bridgehead atoms. The van der Waals surface area contributed by atoms with E-state index in [4.69, 9.17) is 21.2 Å². The Hall–Kier alpha value is -1.88. The molecule has 0 aliphatic heterocycles. The number of carboxylic acid groups (broad SMARTS) is 1. The van der Waals surface area contributed by atoms with Crippen LogP contribution in [0.2, 0.25) is 5.02 Å². The molecule has 0 saturated heterocycles. The summed E-state index contributed by atoms with van der Waals surface area (Å²) >= 11 is 6.01. The van der Waals surface area contributed by atoms with Crippen molar-refractivity contribution >= 4 is 17.6 Å². The summed E-state index contributed by atoms with van der Waals surface area (Å²) in [6.07, 6.45) is 0.193. The first-order valence-electron chi connectivity index (χ1n) is 5.37. The molecule has 0 aliphatic carbocycles. The summed E-state index contributed by atoms with van der Waals surface area (Å²) in [4.78, 5) is 14.5. The number of aromatic nitrogens is 2.